The fourth-order valence-electron chi connectivity index (χ4n) is 2.58. The predicted molar refractivity (Wildman–Crippen MR) is 107 cm³/mol. The minimum atomic E-state index is -3.88. The number of nitrogens with one attached hydrogen (secondary N) is 1. The third-order valence-corrected chi connectivity index (χ3v) is 5.22. The molecule has 3 rings (SSSR count). The number of sulfonamides is 1. The van der Waals surface area contributed by atoms with Gasteiger partial charge < -0.3 is 14.8 Å². The zero-order valence-corrected chi connectivity index (χ0v) is 16.3. The number of benzene rings is 2. The van der Waals surface area contributed by atoms with Crippen LogP contribution in [0.25, 0.3) is 0 Å². The molecule has 0 amide bonds. The molecule has 3 aromatic rings. The van der Waals surface area contributed by atoms with Gasteiger partial charge in [-0.2, -0.15) is 0 Å². The number of hydrogen-bond donors (Lipinski definition) is 2. The largest absolute Gasteiger partial charge is 0.457 e. The Balaban J connectivity index is 1.90. The van der Waals surface area contributed by atoms with E-state index in [0.717, 1.165) is 10.6 Å². The molecular formula is C19H17ClN2O5S. The van der Waals surface area contributed by atoms with Crippen molar-refractivity contribution in [1.82, 2.24) is 4.98 Å². The van der Waals surface area contributed by atoms with Crippen molar-refractivity contribution in [1.29, 1.82) is 0 Å². The zero-order chi connectivity index (χ0) is 20.3. The van der Waals surface area contributed by atoms with E-state index in [-0.39, 0.29) is 11.3 Å². The molecule has 1 aromatic heterocycles. The third-order valence-electron chi connectivity index (χ3n) is 3.85. The van der Waals surface area contributed by atoms with Crippen LogP contribution in [0, 0.1) is 0 Å². The van der Waals surface area contributed by atoms with E-state index in [4.69, 9.17) is 16.3 Å². The molecule has 28 heavy (non-hydrogen) atoms. The second-order valence-corrected chi connectivity index (χ2v) is 8.23. The molecule has 0 bridgehead atoms. The number of aromatic amines is 1. The molecule has 0 fully saturated rings. The Morgan fingerprint density at radius 2 is 1.61 bits per heavy atom. The van der Waals surface area contributed by atoms with E-state index in [9.17, 15) is 18.3 Å². The first-order chi connectivity index (χ1) is 13.3. The Labute approximate surface area is 166 Å². The number of aliphatic hydroxyl groups is 1. The number of hydrogen-bond acceptors (Lipinski definition) is 5. The van der Waals surface area contributed by atoms with Crippen molar-refractivity contribution < 1.29 is 18.3 Å². The lowest BCUT2D eigenvalue weighted by Gasteiger charge is -2.27. The van der Waals surface area contributed by atoms with Crippen molar-refractivity contribution in [2.75, 3.05) is 10.6 Å². The van der Waals surface area contributed by atoms with Crippen LogP contribution in [0.1, 0.15) is 11.8 Å². The summed E-state index contributed by atoms with van der Waals surface area (Å²) in [5, 5.41) is 11.1. The Bertz CT molecular complexity index is 1110. The minimum Gasteiger partial charge on any atom is -0.457 e. The number of halogens is 1. The normalized spacial score (nSPS) is 12.4. The Hall–Kier alpha value is -2.81. The molecule has 0 spiro atoms. The second kappa shape index (κ2) is 8.05. The number of nitrogens with zero attached hydrogens (tertiary/aromatic N) is 1. The Morgan fingerprint density at radius 1 is 1.04 bits per heavy atom. The first-order valence-corrected chi connectivity index (χ1v) is 10.4. The number of pyridine rings is 1. The SMILES string of the molecule is CS(=O)(=O)N(c1ccc(Oc2ccc(Cl)cc2)cc1)C(O)c1ccc[nH]c1=O. The van der Waals surface area contributed by atoms with E-state index in [1.54, 1.807) is 36.4 Å². The highest BCUT2D eigenvalue weighted by Crippen LogP contribution is 2.30. The first-order valence-electron chi connectivity index (χ1n) is 8.14. The number of ether oxygens (including phenoxy) is 1. The van der Waals surface area contributed by atoms with Crippen LogP contribution in [0.4, 0.5) is 5.69 Å². The number of aliphatic hydroxyl groups excluding tert-OH is 1. The van der Waals surface area contributed by atoms with Crippen LogP contribution in [0.15, 0.2) is 71.7 Å². The van der Waals surface area contributed by atoms with Gasteiger partial charge in [0.2, 0.25) is 10.0 Å². The molecule has 7 nitrogen and oxygen atoms in total. The summed E-state index contributed by atoms with van der Waals surface area (Å²) >= 11 is 5.84. The maximum atomic E-state index is 12.3. The molecule has 2 aromatic carbocycles. The molecular weight excluding hydrogens is 404 g/mol. The quantitative estimate of drug-likeness (QED) is 0.596. The highest BCUT2D eigenvalue weighted by atomic mass is 35.5. The van der Waals surface area contributed by atoms with Crippen molar-refractivity contribution in [3.8, 4) is 11.5 Å². The summed E-state index contributed by atoms with van der Waals surface area (Å²) in [5.74, 6) is 1.03. The fourth-order valence-corrected chi connectivity index (χ4v) is 3.69. The van der Waals surface area contributed by atoms with Gasteiger partial charge in [0, 0.05) is 11.2 Å². The summed E-state index contributed by atoms with van der Waals surface area (Å²) in [6.07, 6.45) is 0.667. The average molecular weight is 421 g/mol. The number of rotatable bonds is 6. The van der Waals surface area contributed by atoms with Gasteiger partial charge in [-0.15, -0.1) is 0 Å². The van der Waals surface area contributed by atoms with E-state index in [1.807, 2.05) is 0 Å². The third kappa shape index (κ3) is 4.53. The summed E-state index contributed by atoms with van der Waals surface area (Å²) in [6.45, 7) is 0. The van der Waals surface area contributed by atoms with Gasteiger partial charge in [-0.25, -0.2) is 12.7 Å². The summed E-state index contributed by atoms with van der Waals surface area (Å²) in [7, 11) is -3.88. The number of aromatic nitrogens is 1. The van der Waals surface area contributed by atoms with Gasteiger partial charge in [0.1, 0.15) is 11.5 Å². The molecule has 0 saturated carbocycles. The first kappa shape index (κ1) is 19.9. The van der Waals surface area contributed by atoms with Gasteiger partial charge in [0.15, 0.2) is 6.23 Å². The van der Waals surface area contributed by atoms with Crippen molar-refractivity contribution in [2.45, 2.75) is 6.23 Å². The Kier molecular flexibility index (Phi) is 5.73. The summed E-state index contributed by atoms with van der Waals surface area (Å²) in [5.41, 5.74) is -0.484. The van der Waals surface area contributed by atoms with E-state index in [2.05, 4.69) is 4.98 Å². The topological polar surface area (TPSA) is 99.7 Å². The smallest absolute Gasteiger partial charge is 0.255 e. The van der Waals surface area contributed by atoms with Gasteiger partial charge in [-0.05, 0) is 60.7 Å². The lowest BCUT2D eigenvalue weighted by molar-refractivity contribution is 0.188. The average Bonchev–Trinajstić information content (AvgIpc) is 2.64. The molecule has 1 unspecified atom stereocenters. The fraction of sp³-hybridized carbons (Fsp3) is 0.105. The van der Waals surface area contributed by atoms with Crippen LogP contribution >= 0.6 is 11.6 Å². The van der Waals surface area contributed by atoms with Crippen LogP contribution in [-0.2, 0) is 10.0 Å². The van der Waals surface area contributed by atoms with Gasteiger partial charge in [-0.1, -0.05) is 11.6 Å². The van der Waals surface area contributed by atoms with Gasteiger partial charge in [-0.3, -0.25) is 4.79 Å². The number of H-pyrrole nitrogens is 1. The van der Waals surface area contributed by atoms with Crippen LogP contribution in [-0.4, -0.2) is 24.8 Å². The van der Waals surface area contributed by atoms with Crippen molar-refractivity contribution in [3.05, 3.63) is 87.8 Å². The van der Waals surface area contributed by atoms with E-state index in [1.165, 1.54) is 30.5 Å². The summed E-state index contributed by atoms with van der Waals surface area (Å²) < 4.78 is 31.0. The standard InChI is InChI=1S/C19H17ClN2O5S/c1-28(25,26)22(19(24)17-3-2-12-21-18(17)23)14-6-10-16(11-7-14)27-15-8-4-13(20)5-9-15/h2-12,19,24H,1H3,(H,21,23). The predicted octanol–water partition coefficient (Wildman–Crippen LogP) is 3.28. The molecule has 2 N–H and O–H groups in total. The molecule has 9 heteroatoms. The van der Waals surface area contributed by atoms with Gasteiger partial charge in [0.05, 0.1) is 17.5 Å². The molecule has 0 aliphatic carbocycles. The van der Waals surface area contributed by atoms with E-state index in [0.29, 0.717) is 16.5 Å². The van der Waals surface area contributed by atoms with Gasteiger partial charge >= 0.3 is 0 Å². The molecule has 0 aliphatic heterocycles. The minimum absolute atomic E-state index is 0.0885. The summed E-state index contributed by atoms with van der Waals surface area (Å²) in [6, 6.07) is 15.7. The molecule has 1 heterocycles. The maximum Gasteiger partial charge on any atom is 0.255 e. The molecule has 146 valence electrons. The van der Waals surface area contributed by atoms with E-state index >= 15 is 0 Å². The van der Waals surface area contributed by atoms with Crippen LogP contribution < -0.4 is 14.6 Å². The van der Waals surface area contributed by atoms with Crippen molar-refractivity contribution in [3.63, 3.8) is 0 Å². The lowest BCUT2D eigenvalue weighted by atomic mass is 10.2. The number of anilines is 1. The Morgan fingerprint density at radius 3 is 2.14 bits per heavy atom. The van der Waals surface area contributed by atoms with Crippen molar-refractivity contribution >= 4 is 27.3 Å². The maximum absolute atomic E-state index is 12.3. The lowest BCUT2D eigenvalue weighted by Crippen LogP contribution is -2.36. The summed E-state index contributed by atoms with van der Waals surface area (Å²) in [4.78, 5) is 14.4. The molecule has 0 radical (unpaired) electrons. The van der Waals surface area contributed by atoms with Crippen LogP contribution in [0.3, 0.4) is 0 Å². The monoisotopic (exact) mass is 420 g/mol. The van der Waals surface area contributed by atoms with Crippen LogP contribution in [0.2, 0.25) is 5.02 Å². The van der Waals surface area contributed by atoms with Gasteiger partial charge in [0.25, 0.3) is 5.56 Å². The molecule has 1 atom stereocenters. The highest BCUT2D eigenvalue weighted by Gasteiger charge is 2.28. The van der Waals surface area contributed by atoms with Crippen LogP contribution in [0.5, 0.6) is 11.5 Å². The zero-order valence-electron chi connectivity index (χ0n) is 14.7. The van der Waals surface area contributed by atoms with E-state index < -0.39 is 21.8 Å². The highest BCUT2D eigenvalue weighted by molar-refractivity contribution is 7.92. The van der Waals surface area contributed by atoms with Crippen molar-refractivity contribution in [2.24, 2.45) is 0 Å². The molecule has 0 aliphatic rings. The second-order valence-electron chi connectivity index (χ2n) is 5.94. The molecule has 0 saturated heterocycles.